The van der Waals surface area contributed by atoms with Crippen molar-refractivity contribution in [2.45, 2.75) is 44.0 Å². The molecule has 5 heteroatoms. The lowest BCUT2D eigenvalue weighted by atomic mass is 9.89. The number of halogens is 3. The minimum Gasteiger partial charge on any atom is -0.295 e. The van der Waals surface area contributed by atoms with Crippen molar-refractivity contribution < 1.29 is 18.0 Å². The Kier molecular flexibility index (Phi) is 5.68. The number of thioether (sulfide) groups is 1. The van der Waals surface area contributed by atoms with Crippen LogP contribution in [0.3, 0.4) is 0 Å². The Morgan fingerprint density at radius 2 is 1.71 bits per heavy atom. The number of allylic oxidation sites excluding steroid dienone is 2. The van der Waals surface area contributed by atoms with Crippen LogP contribution >= 0.6 is 11.8 Å². The van der Waals surface area contributed by atoms with Gasteiger partial charge in [0.15, 0.2) is 5.78 Å². The van der Waals surface area contributed by atoms with Crippen LogP contribution in [0.15, 0.2) is 41.3 Å². The Bertz CT molecular complexity index is 515. The predicted molar refractivity (Wildman–Crippen MR) is 80.4 cm³/mol. The third-order valence-electron chi connectivity index (χ3n) is 3.29. The van der Waals surface area contributed by atoms with E-state index in [4.69, 9.17) is 0 Å². The van der Waals surface area contributed by atoms with Crippen molar-refractivity contribution in [2.75, 3.05) is 0 Å². The number of hydrogen-bond donors (Lipinski definition) is 0. The van der Waals surface area contributed by atoms with Crippen LogP contribution in [-0.2, 0) is 11.0 Å². The van der Waals surface area contributed by atoms with Gasteiger partial charge < -0.3 is 0 Å². The highest BCUT2D eigenvalue weighted by Gasteiger charge is 2.30. The molecule has 0 aliphatic carbocycles. The molecule has 1 rings (SSSR count). The van der Waals surface area contributed by atoms with Gasteiger partial charge in [0.1, 0.15) is 0 Å². The van der Waals surface area contributed by atoms with E-state index in [9.17, 15) is 18.0 Å². The van der Waals surface area contributed by atoms with Crippen molar-refractivity contribution in [3.8, 4) is 0 Å². The molecule has 0 aromatic heterocycles. The van der Waals surface area contributed by atoms with Crippen LogP contribution in [0.2, 0.25) is 0 Å². The van der Waals surface area contributed by atoms with E-state index in [1.165, 1.54) is 36.9 Å². The summed E-state index contributed by atoms with van der Waals surface area (Å²) >= 11 is 1.49. The molecule has 0 N–H and O–H groups in total. The zero-order valence-corrected chi connectivity index (χ0v) is 13.3. The van der Waals surface area contributed by atoms with Gasteiger partial charge in [-0.05, 0) is 42.7 Å². The average molecular weight is 316 g/mol. The zero-order valence-electron chi connectivity index (χ0n) is 12.5. The molecule has 0 saturated carbocycles. The van der Waals surface area contributed by atoms with Gasteiger partial charge in [-0.3, -0.25) is 4.79 Å². The van der Waals surface area contributed by atoms with Crippen molar-refractivity contribution in [1.29, 1.82) is 0 Å². The minimum atomic E-state index is -4.31. The van der Waals surface area contributed by atoms with Gasteiger partial charge >= 0.3 is 6.18 Å². The first kappa shape index (κ1) is 17.8. The molecule has 1 atom stereocenters. The third-order valence-corrected chi connectivity index (χ3v) is 4.80. The summed E-state index contributed by atoms with van der Waals surface area (Å²) in [5.41, 5.74) is -0.880. The number of alkyl halides is 3. The number of ketones is 1. The van der Waals surface area contributed by atoms with Gasteiger partial charge in [0.25, 0.3) is 0 Å². The Morgan fingerprint density at radius 3 is 2.14 bits per heavy atom. The van der Waals surface area contributed by atoms with Crippen LogP contribution in [0, 0.1) is 5.41 Å². The van der Waals surface area contributed by atoms with E-state index < -0.39 is 11.7 Å². The maximum absolute atomic E-state index is 12.5. The van der Waals surface area contributed by atoms with Gasteiger partial charge in [-0.15, -0.1) is 11.8 Å². The van der Waals surface area contributed by atoms with E-state index in [0.29, 0.717) is 0 Å². The van der Waals surface area contributed by atoms with Crippen LogP contribution in [0.4, 0.5) is 13.2 Å². The van der Waals surface area contributed by atoms with Crippen LogP contribution in [-0.4, -0.2) is 11.0 Å². The van der Waals surface area contributed by atoms with Gasteiger partial charge in [0.05, 0.1) is 5.56 Å². The lowest BCUT2D eigenvalue weighted by Crippen LogP contribution is -2.21. The van der Waals surface area contributed by atoms with E-state index in [1.54, 1.807) is 0 Å². The number of carbonyl (C=O) groups excluding carboxylic acids is 1. The molecule has 0 saturated heterocycles. The molecule has 0 radical (unpaired) electrons. The third kappa shape index (κ3) is 5.58. The summed E-state index contributed by atoms with van der Waals surface area (Å²) in [6.07, 6.45) is -0.931. The number of hydrogen-bond acceptors (Lipinski definition) is 2. The van der Waals surface area contributed by atoms with Crippen molar-refractivity contribution in [2.24, 2.45) is 5.41 Å². The number of carbonyl (C=O) groups is 1. The monoisotopic (exact) mass is 316 g/mol. The molecule has 1 aromatic carbocycles. The summed E-state index contributed by atoms with van der Waals surface area (Å²) in [4.78, 5) is 11.8. The molecule has 0 bridgehead atoms. The molecular formula is C16H19F3OS. The number of rotatable bonds is 5. The van der Waals surface area contributed by atoms with Crippen molar-refractivity contribution in [3.63, 3.8) is 0 Å². The van der Waals surface area contributed by atoms with E-state index >= 15 is 0 Å². The second-order valence-corrected chi connectivity index (χ2v) is 6.96. The molecule has 0 aliphatic heterocycles. The first-order valence-electron chi connectivity index (χ1n) is 6.56. The molecule has 1 aromatic rings. The van der Waals surface area contributed by atoms with Gasteiger partial charge in [-0.1, -0.05) is 26.8 Å². The average Bonchev–Trinajstić information content (AvgIpc) is 2.36. The fourth-order valence-corrected chi connectivity index (χ4v) is 2.63. The smallest absolute Gasteiger partial charge is 0.295 e. The van der Waals surface area contributed by atoms with Crippen LogP contribution in [0.5, 0.6) is 0 Å². The van der Waals surface area contributed by atoms with Crippen LogP contribution in [0.25, 0.3) is 0 Å². The quantitative estimate of drug-likeness (QED) is 0.537. The molecule has 0 fully saturated rings. The molecule has 0 amide bonds. The lowest BCUT2D eigenvalue weighted by Gasteiger charge is -2.28. The van der Waals surface area contributed by atoms with Gasteiger partial charge in [-0.2, -0.15) is 13.2 Å². The maximum Gasteiger partial charge on any atom is 0.416 e. The summed E-state index contributed by atoms with van der Waals surface area (Å²) in [6.45, 7) is 7.47. The van der Waals surface area contributed by atoms with E-state index in [1.807, 2.05) is 26.8 Å². The van der Waals surface area contributed by atoms with Crippen molar-refractivity contribution >= 4 is 17.5 Å². The summed E-state index contributed by atoms with van der Waals surface area (Å²) in [5.74, 6) is -0.0187. The van der Waals surface area contributed by atoms with Gasteiger partial charge in [0.2, 0.25) is 0 Å². The van der Waals surface area contributed by atoms with Crippen molar-refractivity contribution in [1.82, 2.24) is 0 Å². The first-order valence-corrected chi connectivity index (χ1v) is 7.44. The Morgan fingerprint density at radius 1 is 1.19 bits per heavy atom. The predicted octanol–water partition coefficient (Wildman–Crippen LogP) is 5.36. The largest absolute Gasteiger partial charge is 0.416 e. The first-order chi connectivity index (χ1) is 9.52. The molecule has 116 valence electrons. The Hall–Kier alpha value is -1.23. The fraction of sp³-hybridized carbons (Fsp3) is 0.438. The number of benzene rings is 1. The van der Waals surface area contributed by atoms with Crippen LogP contribution in [0.1, 0.15) is 33.3 Å². The normalized spacial score (nSPS) is 14.4. The maximum atomic E-state index is 12.5. The molecule has 0 aliphatic rings. The second-order valence-electron chi connectivity index (χ2n) is 5.55. The molecule has 21 heavy (non-hydrogen) atoms. The van der Waals surface area contributed by atoms with E-state index in [-0.39, 0.29) is 16.4 Å². The molecule has 0 spiro atoms. The highest BCUT2D eigenvalue weighted by Crippen LogP contribution is 2.37. The fourth-order valence-electron chi connectivity index (χ4n) is 1.55. The Balaban J connectivity index is 2.79. The standard InChI is InChI=1S/C16H19F3OS/c1-11(20)9-10-15(3,4)12(2)21-14-7-5-13(6-8-14)16(17,18)19/h5-10,12H,1-4H3/b10-9+/t12-/m0/s1. The summed E-state index contributed by atoms with van der Waals surface area (Å²) < 4.78 is 37.5. The van der Waals surface area contributed by atoms with E-state index in [2.05, 4.69) is 0 Å². The summed E-state index contributed by atoms with van der Waals surface area (Å²) in [6, 6.07) is 5.14. The summed E-state index contributed by atoms with van der Waals surface area (Å²) in [5, 5.41) is 0.116. The van der Waals surface area contributed by atoms with Gasteiger partial charge in [-0.25, -0.2) is 0 Å². The summed E-state index contributed by atoms with van der Waals surface area (Å²) in [7, 11) is 0. The molecular weight excluding hydrogens is 297 g/mol. The van der Waals surface area contributed by atoms with Crippen LogP contribution < -0.4 is 0 Å². The van der Waals surface area contributed by atoms with E-state index in [0.717, 1.165) is 17.0 Å². The minimum absolute atomic E-state index is 0.0187. The Labute approximate surface area is 127 Å². The highest BCUT2D eigenvalue weighted by molar-refractivity contribution is 8.00. The van der Waals surface area contributed by atoms with Gasteiger partial charge in [0, 0.05) is 10.1 Å². The molecule has 0 unspecified atom stereocenters. The zero-order chi connectivity index (χ0) is 16.3. The molecule has 0 heterocycles. The highest BCUT2D eigenvalue weighted by atomic mass is 32.2. The molecule has 1 nitrogen and oxygen atoms in total. The topological polar surface area (TPSA) is 17.1 Å². The lowest BCUT2D eigenvalue weighted by molar-refractivity contribution is -0.137. The van der Waals surface area contributed by atoms with Crippen molar-refractivity contribution in [3.05, 3.63) is 42.0 Å². The SMILES string of the molecule is CC(=O)/C=C/C(C)(C)[C@H](C)Sc1ccc(C(F)(F)F)cc1. The second kappa shape index (κ2) is 6.69.